The molecule has 0 radical (unpaired) electrons. The molecular weight excluding hydrogens is 364 g/mol. The number of hydrogen-bond donors (Lipinski definition) is 0. The molecule has 8 nitrogen and oxygen atoms in total. The van der Waals surface area contributed by atoms with Crippen LogP contribution in [0.4, 0.5) is 0 Å². The Hall–Kier alpha value is -2.32. The van der Waals surface area contributed by atoms with Gasteiger partial charge in [-0.2, -0.15) is 0 Å². The van der Waals surface area contributed by atoms with Crippen molar-refractivity contribution in [2.75, 3.05) is 39.5 Å². The van der Waals surface area contributed by atoms with Crippen LogP contribution >= 0.6 is 0 Å². The molecule has 28 heavy (non-hydrogen) atoms. The third-order valence-electron chi connectivity index (χ3n) is 4.65. The molecule has 0 saturated heterocycles. The van der Waals surface area contributed by atoms with Crippen molar-refractivity contribution >= 4 is 23.6 Å². The summed E-state index contributed by atoms with van der Waals surface area (Å²) in [7, 11) is 0. The highest BCUT2D eigenvalue weighted by Crippen LogP contribution is 2.09. The van der Waals surface area contributed by atoms with Gasteiger partial charge in [-0.25, -0.2) is 0 Å². The summed E-state index contributed by atoms with van der Waals surface area (Å²) in [6.45, 7) is 5.21. The molecule has 0 atom stereocenters. The maximum atomic E-state index is 11.4. The summed E-state index contributed by atoms with van der Waals surface area (Å²) in [4.78, 5) is 48.0. The van der Waals surface area contributed by atoms with Crippen molar-refractivity contribution in [1.82, 2.24) is 9.80 Å². The molecule has 0 N–H and O–H groups in total. The summed E-state index contributed by atoms with van der Waals surface area (Å²) in [6, 6.07) is 0. The number of amides is 4. The van der Waals surface area contributed by atoms with Crippen molar-refractivity contribution < 1.29 is 28.7 Å². The Morgan fingerprint density at radius 1 is 0.679 bits per heavy atom. The van der Waals surface area contributed by atoms with E-state index in [1.165, 1.54) is 34.1 Å². The van der Waals surface area contributed by atoms with E-state index in [9.17, 15) is 19.2 Å². The van der Waals surface area contributed by atoms with Crippen molar-refractivity contribution in [3.63, 3.8) is 0 Å². The van der Waals surface area contributed by atoms with Gasteiger partial charge in [0.1, 0.15) is 0 Å². The first kappa shape index (κ1) is 22.0. The fourth-order valence-electron chi connectivity index (χ4n) is 2.87. The summed E-state index contributed by atoms with van der Waals surface area (Å²) in [5, 5.41) is 0. The maximum Gasteiger partial charge on any atom is 0.253 e. The number of imide groups is 2. The van der Waals surface area contributed by atoms with Crippen LogP contribution in [0, 0.1) is 5.92 Å². The van der Waals surface area contributed by atoms with Crippen LogP contribution < -0.4 is 0 Å². The van der Waals surface area contributed by atoms with E-state index in [0.717, 1.165) is 12.8 Å². The topological polar surface area (TPSA) is 93.2 Å². The van der Waals surface area contributed by atoms with Gasteiger partial charge in [0.05, 0.1) is 0 Å². The second kappa shape index (κ2) is 11.5. The third kappa shape index (κ3) is 7.01. The Morgan fingerprint density at radius 2 is 1.04 bits per heavy atom. The van der Waals surface area contributed by atoms with Crippen molar-refractivity contribution in [1.29, 1.82) is 0 Å². The molecule has 2 aliphatic rings. The normalized spacial score (nSPS) is 16.5. The van der Waals surface area contributed by atoms with Gasteiger partial charge < -0.3 is 9.47 Å². The van der Waals surface area contributed by atoms with Crippen LogP contribution in [0.3, 0.4) is 0 Å². The lowest BCUT2D eigenvalue weighted by atomic mass is 10.1. The first-order chi connectivity index (χ1) is 13.5. The summed E-state index contributed by atoms with van der Waals surface area (Å²) < 4.78 is 11.1. The molecule has 4 amide bonds. The first-order valence-electron chi connectivity index (χ1n) is 9.71. The number of carbonyl (C=O) groups excluding carboxylic acids is 4. The van der Waals surface area contributed by atoms with Gasteiger partial charge >= 0.3 is 0 Å². The fraction of sp³-hybridized carbons (Fsp3) is 0.600. The Morgan fingerprint density at radius 3 is 1.39 bits per heavy atom. The van der Waals surface area contributed by atoms with E-state index in [0.29, 0.717) is 58.3 Å². The van der Waals surface area contributed by atoms with Gasteiger partial charge in [0, 0.05) is 63.8 Å². The van der Waals surface area contributed by atoms with Crippen LogP contribution in [0.1, 0.15) is 32.6 Å². The molecule has 2 rings (SSSR count). The zero-order valence-corrected chi connectivity index (χ0v) is 16.3. The lowest BCUT2D eigenvalue weighted by molar-refractivity contribution is -0.138. The molecule has 0 aromatic carbocycles. The van der Waals surface area contributed by atoms with E-state index in [4.69, 9.17) is 9.47 Å². The zero-order chi connectivity index (χ0) is 20.4. The minimum absolute atomic E-state index is 0.256. The van der Waals surface area contributed by atoms with Crippen LogP contribution in [0.5, 0.6) is 0 Å². The van der Waals surface area contributed by atoms with Crippen LogP contribution in [0.25, 0.3) is 0 Å². The molecule has 0 aromatic heterocycles. The lowest BCUT2D eigenvalue weighted by Gasteiger charge is -2.15. The van der Waals surface area contributed by atoms with E-state index in [1.807, 2.05) is 0 Å². The minimum Gasteiger partial charge on any atom is -0.381 e. The SMILES string of the molecule is CC(CCOCCCN1C(=O)C=CC1=O)CCOCCCN1C(=O)C=CC1=O. The molecule has 0 spiro atoms. The molecule has 2 heterocycles. The summed E-state index contributed by atoms with van der Waals surface area (Å²) in [5.74, 6) is -0.567. The smallest absolute Gasteiger partial charge is 0.253 e. The fourth-order valence-corrected chi connectivity index (χ4v) is 2.87. The zero-order valence-electron chi connectivity index (χ0n) is 16.3. The molecule has 0 aromatic rings. The number of hydrogen-bond acceptors (Lipinski definition) is 6. The number of rotatable bonds is 14. The van der Waals surface area contributed by atoms with Crippen molar-refractivity contribution in [3.05, 3.63) is 24.3 Å². The number of nitrogens with zero attached hydrogens (tertiary/aromatic N) is 2. The van der Waals surface area contributed by atoms with Crippen LogP contribution in [-0.2, 0) is 28.7 Å². The average molecular weight is 392 g/mol. The Kier molecular flexibility index (Phi) is 9.03. The van der Waals surface area contributed by atoms with Gasteiger partial charge in [0.25, 0.3) is 23.6 Å². The summed E-state index contributed by atoms with van der Waals surface area (Å²) in [5.41, 5.74) is 0. The second-order valence-corrected chi connectivity index (χ2v) is 6.94. The second-order valence-electron chi connectivity index (χ2n) is 6.94. The standard InChI is InChI=1S/C20H28N2O6/c1-16(8-14-27-12-2-10-21-17(23)4-5-18(21)24)9-15-28-13-3-11-22-19(25)6-7-20(22)26/h4-7,16H,2-3,8-15H2,1H3. The molecule has 154 valence electrons. The summed E-state index contributed by atoms with van der Waals surface area (Å²) in [6.07, 6.45) is 8.24. The van der Waals surface area contributed by atoms with Gasteiger partial charge in [-0.3, -0.25) is 29.0 Å². The van der Waals surface area contributed by atoms with E-state index in [2.05, 4.69) is 6.92 Å². The van der Waals surface area contributed by atoms with E-state index >= 15 is 0 Å². The molecule has 8 heteroatoms. The molecule has 0 aliphatic carbocycles. The molecule has 0 saturated carbocycles. The van der Waals surface area contributed by atoms with Gasteiger partial charge in [-0.05, 0) is 31.6 Å². The predicted molar refractivity (Wildman–Crippen MR) is 101 cm³/mol. The van der Waals surface area contributed by atoms with Gasteiger partial charge in [-0.1, -0.05) is 6.92 Å². The van der Waals surface area contributed by atoms with Crippen LogP contribution in [0.2, 0.25) is 0 Å². The van der Waals surface area contributed by atoms with Crippen LogP contribution in [-0.4, -0.2) is 72.9 Å². The van der Waals surface area contributed by atoms with Gasteiger partial charge in [0.15, 0.2) is 0 Å². The van der Waals surface area contributed by atoms with Crippen molar-refractivity contribution in [3.8, 4) is 0 Å². The molecule has 2 aliphatic heterocycles. The van der Waals surface area contributed by atoms with E-state index < -0.39 is 0 Å². The van der Waals surface area contributed by atoms with Crippen molar-refractivity contribution in [2.45, 2.75) is 32.6 Å². The summed E-state index contributed by atoms with van der Waals surface area (Å²) >= 11 is 0. The molecular formula is C20H28N2O6. The highest BCUT2D eigenvalue weighted by molar-refractivity contribution is 6.13. The van der Waals surface area contributed by atoms with Crippen molar-refractivity contribution in [2.24, 2.45) is 5.92 Å². The Labute approximate surface area is 165 Å². The van der Waals surface area contributed by atoms with E-state index in [1.54, 1.807) is 0 Å². The highest BCUT2D eigenvalue weighted by atomic mass is 16.5. The Bertz CT molecular complexity index is 553. The number of carbonyl (C=O) groups is 4. The third-order valence-corrected chi connectivity index (χ3v) is 4.65. The lowest BCUT2D eigenvalue weighted by Crippen LogP contribution is -2.31. The Balaban J connectivity index is 1.38. The average Bonchev–Trinajstić information content (AvgIpc) is 3.16. The maximum absolute atomic E-state index is 11.4. The molecule has 0 unspecified atom stereocenters. The highest BCUT2D eigenvalue weighted by Gasteiger charge is 2.23. The minimum atomic E-state index is -0.256. The van der Waals surface area contributed by atoms with Gasteiger partial charge in [-0.15, -0.1) is 0 Å². The molecule has 0 fully saturated rings. The molecule has 0 bridgehead atoms. The quantitative estimate of drug-likeness (QED) is 0.324. The monoisotopic (exact) mass is 392 g/mol. The van der Waals surface area contributed by atoms with Crippen LogP contribution in [0.15, 0.2) is 24.3 Å². The predicted octanol–water partition coefficient (Wildman–Crippen LogP) is 1.07. The first-order valence-corrected chi connectivity index (χ1v) is 9.71. The largest absolute Gasteiger partial charge is 0.381 e. The number of ether oxygens (including phenoxy) is 2. The van der Waals surface area contributed by atoms with Gasteiger partial charge in [0.2, 0.25) is 0 Å². The van der Waals surface area contributed by atoms with E-state index in [-0.39, 0.29) is 23.6 Å².